The van der Waals surface area contributed by atoms with Crippen molar-refractivity contribution in [2.24, 2.45) is 0 Å². The van der Waals surface area contributed by atoms with Gasteiger partial charge in [-0.05, 0) is 47.9 Å². The van der Waals surface area contributed by atoms with Crippen molar-refractivity contribution in [3.63, 3.8) is 0 Å². The van der Waals surface area contributed by atoms with Gasteiger partial charge in [-0.25, -0.2) is 4.79 Å². The summed E-state index contributed by atoms with van der Waals surface area (Å²) in [5.41, 5.74) is 2.02. The summed E-state index contributed by atoms with van der Waals surface area (Å²) in [7, 11) is 1.32. The Hall–Kier alpha value is -2.04. The molecule has 0 saturated heterocycles. The van der Waals surface area contributed by atoms with Gasteiger partial charge in [0.1, 0.15) is 0 Å². The maximum atomic E-state index is 11.3. The van der Waals surface area contributed by atoms with E-state index >= 15 is 0 Å². The van der Waals surface area contributed by atoms with Crippen LogP contribution in [-0.4, -0.2) is 43.3 Å². The van der Waals surface area contributed by atoms with Crippen LogP contribution in [0.5, 0.6) is 0 Å². The molecular weight excluding hydrogens is 411 g/mol. The predicted octanol–water partition coefficient (Wildman–Crippen LogP) is 1.96. The molecule has 0 fully saturated rings. The molecular formula is C14H15IN6O2. The minimum Gasteiger partial charge on any atom is -0.464 e. The molecule has 0 unspecified atom stereocenters. The molecule has 3 heterocycles. The van der Waals surface area contributed by atoms with Crippen LogP contribution in [0.2, 0.25) is 0 Å². The van der Waals surface area contributed by atoms with E-state index in [1.807, 2.05) is 6.20 Å². The molecule has 0 atom stereocenters. The molecule has 1 N–H and O–H groups in total. The highest BCUT2D eigenvalue weighted by Crippen LogP contribution is 2.18. The van der Waals surface area contributed by atoms with Gasteiger partial charge in [0.15, 0.2) is 11.3 Å². The molecule has 0 radical (unpaired) electrons. The van der Waals surface area contributed by atoms with Gasteiger partial charge in [0.2, 0.25) is 0 Å². The van der Waals surface area contributed by atoms with Crippen LogP contribution in [0, 0.1) is 3.57 Å². The summed E-state index contributed by atoms with van der Waals surface area (Å²) >= 11 is 2.28. The van der Waals surface area contributed by atoms with Gasteiger partial charge in [-0.3, -0.25) is 4.68 Å². The molecule has 0 aliphatic carbocycles. The number of fused-ring (bicyclic) bond motifs is 1. The maximum Gasteiger partial charge on any atom is 0.360 e. The lowest BCUT2D eigenvalue weighted by Gasteiger charge is -2.01. The Morgan fingerprint density at radius 2 is 2.22 bits per heavy atom. The first-order valence-electron chi connectivity index (χ1n) is 7.15. The van der Waals surface area contributed by atoms with Crippen LogP contribution in [0.3, 0.4) is 0 Å². The van der Waals surface area contributed by atoms with E-state index in [1.165, 1.54) is 7.11 Å². The van der Waals surface area contributed by atoms with E-state index < -0.39 is 5.97 Å². The standard InChI is InChI=1S/C14H15IN6O2/c1-23-14(22)12-8-21(20-18-12)5-3-2-4-9-6-10-11(15)7-16-13(10)19-17-9/h6-8H,2-5H2,1H3,(H,16,19). The lowest BCUT2D eigenvalue weighted by molar-refractivity contribution is 0.0594. The Labute approximate surface area is 145 Å². The van der Waals surface area contributed by atoms with Crippen molar-refractivity contribution < 1.29 is 9.53 Å². The summed E-state index contributed by atoms with van der Waals surface area (Å²) in [6, 6.07) is 2.07. The van der Waals surface area contributed by atoms with Gasteiger partial charge < -0.3 is 9.72 Å². The minimum atomic E-state index is -0.471. The van der Waals surface area contributed by atoms with E-state index in [4.69, 9.17) is 0 Å². The molecule has 0 amide bonds. The van der Waals surface area contributed by atoms with Crippen molar-refractivity contribution in [3.05, 3.63) is 33.4 Å². The van der Waals surface area contributed by atoms with Crippen LogP contribution in [0.25, 0.3) is 11.0 Å². The van der Waals surface area contributed by atoms with Gasteiger partial charge in [0.05, 0.1) is 19.0 Å². The number of aromatic nitrogens is 6. The second-order valence-electron chi connectivity index (χ2n) is 5.05. The van der Waals surface area contributed by atoms with E-state index in [1.54, 1.807) is 10.9 Å². The minimum absolute atomic E-state index is 0.228. The second-order valence-corrected chi connectivity index (χ2v) is 6.21. The summed E-state index contributed by atoms with van der Waals surface area (Å²) in [6.07, 6.45) is 6.23. The summed E-state index contributed by atoms with van der Waals surface area (Å²) in [4.78, 5) is 14.4. The first-order valence-corrected chi connectivity index (χ1v) is 8.23. The quantitative estimate of drug-likeness (QED) is 0.368. The SMILES string of the molecule is COC(=O)c1cn(CCCCc2cc3c(I)c[nH]c3nn2)nn1. The third-order valence-corrected chi connectivity index (χ3v) is 4.33. The summed E-state index contributed by atoms with van der Waals surface area (Å²) < 4.78 is 7.39. The number of hydrogen-bond acceptors (Lipinski definition) is 6. The van der Waals surface area contributed by atoms with E-state index in [2.05, 4.69) is 58.9 Å². The fourth-order valence-corrected chi connectivity index (χ4v) is 2.80. The van der Waals surface area contributed by atoms with Crippen LogP contribution < -0.4 is 0 Å². The van der Waals surface area contributed by atoms with E-state index in [0.29, 0.717) is 6.54 Å². The zero-order valence-corrected chi connectivity index (χ0v) is 14.6. The molecule has 3 aromatic rings. The number of rotatable bonds is 6. The van der Waals surface area contributed by atoms with Gasteiger partial charge in [-0.15, -0.1) is 10.2 Å². The average molecular weight is 426 g/mol. The summed E-state index contributed by atoms with van der Waals surface area (Å²) in [6.45, 7) is 0.696. The lowest BCUT2D eigenvalue weighted by atomic mass is 10.1. The van der Waals surface area contributed by atoms with Gasteiger partial charge in [0, 0.05) is 21.7 Å². The number of halogens is 1. The van der Waals surface area contributed by atoms with Gasteiger partial charge >= 0.3 is 5.97 Å². The monoisotopic (exact) mass is 426 g/mol. The molecule has 23 heavy (non-hydrogen) atoms. The highest BCUT2D eigenvalue weighted by Gasteiger charge is 2.10. The molecule has 8 nitrogen and oxygen atoms in total. The number of carbonyl (C=O) groups is 1. The molecule has 0 aliphatic heterocycles. The van der Waals surface area contributed by atoms with Crippen LogP contribution in [0.1, 0.15) is 29.0 Å². The van der Waals surface area contributed by atoms with E-state index in [9.17, 15) is 4.79 Å². The molecule has 0 aromatic carbocycles. The van der Waals surface area contributed by atoms with Gasteiger partial charge in [-0.2, -0.15) is 5.10 Å². The zero-order chi connectivity index (χ0) is 16.2. The number of nitrogens with one attached hydrogen (secondary N) is 1. The van der Waals surface area contributed by atoms with E-state index in [-0.39, 0.29) is 5.69 Å². The Morgan fingerprint density at radius 1 is 1.35 bits per heavy atom. The number of H-pyrrole nitrogens is 1. The highest BCUT2D eigenvalue weighted by atomic mass is 127. The van der Waals surface area contributed by atoms with Gasteiger partial charge in [0.25, 0.3) is 0 Å². The normalized spacial score (nSPS) is 11.0. The van der Waals surface area contributed by atoms with Crippen molar-refractivity contribution in [3.8, 4) is 0 Å². The van der Waals surface area contributed by atoms with Crippen molar-refractivity contribution in [2.75, 3.05) is 7.11 Å². The molecule has 0 aliphatic rings. The van der Waals surface area contributed by atoms with Crippen LogP contribution in [-0.2, 0) is 17.7 Å². The molecule has 9 heteroatoms. The first kappa shape index (κ1) is 15.8. The third-order valence-electron chi connectivity index (χ3n) is 3.44. The van der Waals surface area contributed by atoms with Gasteiger partial charge in [-0.1, -0.05) is 5.21 Å². The fourth-order valence-electron chi connectivity index (χ4n) is 2.24. The Balaban J connectivity index is 1.51. The number of nitrogens with zero attached hydrogens (tertiary/aromatic N) is 5. The van der Waals surface area contributed by atoms with E-state index in [0.717, 1.165) is 39.6 Å². The maximum absolute atomic E-state index is 11.3. The number of unbranched alkanes of at least 4 members (excludes halogenated alkanes) is 1. The molecule has 0 spiro atoms. The molecule has 0 bridgehead atoms. The van der Waals surface area contributed by atoms with Crippen LogP contribution in [0.4, 0.5) is 0 Å². The fraction of sp³-hybridized carbons (Fsp3) is 0.357. The van der Waals surface area contributed by atoms with Crippen molar-refractivity contribution >= 4 is 39.6 Å². The smallest absolute Gasteiger partial charge is 0.360 e. The number of methoxy groups -OCH3 is 1. The number of aromatic amines is 1. The Morgan fingerprint density at radius 3 is 3.04 bits per heavy atom. The Kier molecular flexibility index (Phi) is 4.84. The number of ether oxygens (including phenoxy) is 1. The first-order chi connectivity index (χ1) is 11.2. The average Bonchev–Trinajstić information content (AvgIpc) is 3.18. The van der Waals surface area contributed by atoms with Crippen LogP contribution >= 0.6 is 22.6 Å². The van der Waals surface area contributed by atoms with Crippen LogP contribution in [0.15, 0.2) is 18.5 Å². The zero-order valence-electron chi connectivity index (χ0n) is 12.5. The summed E-state index contributed by atoms with van der Waals surface area (Å²) in [5, 5.41) is 17.2. The number of esters is 1. The molecule has 3 rings (SSSR count). The summed E-state index contributed by atoms with van der Waals surface area (Å²) in [5.74, 6) is -0.471. The molecule has 0 saturated carbocycles. The number of carbonyl (C=O) groups excluding carboxylic acids is 1. The predicted molar refractivity (Wildman–Crippen MR) is 90.9 cm³/mol. The van der Waals surface area contributed by atoms with Crippen molar-refractivity contribution in [1.82, 2.24) is 30.2 Å². The highest BCUT2D eigenvalue weighted by molar-refractivity contribution is 14.1. The Bertz CT molecular complexity index is 828. The topological polar surface area (TPSA) is 98.6 Å². The number of hydrogen-bond donors (Lipinski definition) is 1. The second kappa shape index (κ2) is 7.02. The number of aryl methyl sites for hydroxylation is 2. The molecule has 120 valence electrons. The third kappa shape index (κ3) is 3.66. The largest absolute Gasteiger partial charge is 0.464 e. The van der Waals surface area contributed by atoms with Crippen molar-refractivity contribution in [2.45, 2.75) is 25.8 Å². The lowest BCUT2D eigenvalue weighted by Crippen LogP contribution is -2.02. The van der Waals surface area contributed by atoms with Crippen molar-refractivity contribution in [1.29, 1.82) is 0 Å². The molecule has 3 aromatic heterocycles.